The fourth-order valence-corrected chi connectivity index (χ4v) is 2.33. The molecule has 0 unspecified atom stereocenters. The lowest BCUT2D eigenvalue weighted by molar-refractivity contribution is -0.147. The second-order valence-electron chi connectivity index (χ2n) is 9.12. The van der Waals surface area contributed by atoms with Crippen LogP contribution in [0.25, 0.3) is 5.53 Å². The van der Waals surface area contributed by atoms with Gasteiger partial charge in [0, 0.05) is 32.0 Å². The van der Waals surface area contributed by atoms with E-state index in [1.807, 2.05) is 42.5 Å². The van der Waals surface area contributed by atoms with Crippen molar-refractivity contribution in [3.05, 3.63) is 77.4 Å². The van der Waals surface area contributed by atoms with Crippen LogP contribution in [0, 0.1) is 17.4 Å². The summed E-state index contributed by atoms with van der Waals surface area (Å²) in [5.74, 6) is -2.30. The molecule has 0 fully saturated rings. The molecule has 0 radical (unpaired) electrons. The lowest BCUT2D eigenvalue weighted by Gasteiger charge is -2.19. The number of allylic oxidation sites excluding steroid dienone is 4. The van der Waals surface area contributed by atoms with Crippen molar-refractivity contribution in [1.29, 1.82) is 5.26 Å². The third kappa shape index (κ3) is 27.9. The maximum atomic E-state index is 11.5. The van der Waals surface area contributed by atoms with Crippen molar-refractivity contribution < 1.29 is 43.3 Å². The summed E-state index contributed by atoms with van der Waals surface area (Å²) in [6.07, 6.45) is 10.5. The maximum Gasteiger partial charge on any atom is 0.408 e. The van der Waals surface area contributed by atoms with Crippen molar-refractivity contribution in [1.82, 2.24) is 16.0 Å². The van der Waals surface area contributed by atoms with Gasteiger partial charge in [0.15, 0.2) is 6.61 Å². The highest BCUT2D eigenvalue weighted by atomic mass is 16.6. The standard InChI is InChI=1S/C16H22N2O5.C9H7N3O.C3H6O2.C2H3N/c1-16(2,3)23-15(21)18-10-14(20)22-11-13(19)17-9-12-7-5-4-6-8-12;10-12-7-9(13)11-6-8-4-2-1-3-5-8;1-2-3(4)5;1-2-3/h4-8H,9-11H2,1-3H3,(H,17,19)(H,18,21);1-2,4-5,7H,6H2;2H2,1H3,(H,4,5);1H3/p+1. The van der Waals surface area contributed by atoms with Crippen molar-refractivity contribution in [3.63, 3.8) is 0 Å². The van der Waals surface area contributed by atoms with Crippen LogP contribution in [-0.4, -0.2) is 71.3 Å². The molecule has 1 aliphatic rings. The Morgan fingerprint density at radius 1 is 1.09 bits per heavy atom. The number of hydrogen-bond acceptors (Lipinski definition) is 8. The first-order chi connectivity index (χ1) is 20.8. The van der Waals surface area contributed by atoms with E-state index in [1.165, 1.54) is 6.92 Å². The van der Waals surface area contributed by atoms with Crippen LogP contribution in [0.15, 0.2) is 60.2 Å². The van der Waals surface area contributed by atoms with E-state index in [0.29, 0.717) is 13.1 Å². The molecular formula is C30H39N6O8+. The average molecular weight is 612 g/mol. The molecule has 0 heterocycles. The number of rotatable bonds is 10. The fourth-order valence-electron chi connectivity index (χ4n) is 2.33. The first-order valence-electron chi connectivity index (χ1n) is 13.1. The second kappa shape index (κ2) is 25.1. The molecule has 0 bridgehead atoms. The van der Waals surface area contributed by atoms with Crippen molar-refractivity contribution in [2.75, 3.05) is 19.7 Å². The summed E-state index contributed by atoms with van der Waals surface area (Å²) < 4.78 is 9.72. The molecule has 0 aliphatic heterocycles. The first kappa shape index (κ1) is 40.5. The Morgan fingerprint density at radius 3 is 2.20 bits per heavy atom. The van der Waals surface area contributed by atoms with Crippen LogP contribution in [0.2, 0.25) is 0 Å². The molecule has 2 rings (SSSR count). The summed E-state index contributed by atoms with van der Waals surface area (Å²) >= 11 is 0. The van der Waals surface area contributed by atoms with Crippen LogP contribution in [0.3, 0.4) is 0 Å². The van der Waals surface area contributed by atoms with E-state index in [2.05, 4.69) is 26.8 Å². The number of nitrogens with zero attached hydrogens (tertiary/aromatic N) is 3. The van der Waals surface area contributed by atoms with Gasteiger partial charge in [0.25, 0.3) is 5.91 Å². The van der Waals surface area contributed by atoms with Crippen molar-refractivity contribution in [3.8, 4) is 6.07 Å². The Labute approximate surface area is 257 Å². The Balaban J connectivity index is 0. The summed E-state index contributed by atoms with van der Waals surface area (Å²) in [7, 11) is 0. The summed E-state index contributed by atoms with van der Waals surface area (Å²) in [6.45, 7) is 8.16. The van der Waals surface area contributed by atoms with Gasteiger partial charge in [0.2, 0.25) is 0 Å². The number of esters is 1. The molecule has 0 atom stereocenters. The van der Waals surface area contributed by atoms with Gasteiger partial charge in [-0.3, -0.25) is 19.2 Å². The minimum absolute atomic E-state index is 0.222. The number of alkyl carbamates (subject to hydrolysis) is 1. The van der Waals surface area contributed by atoms with Gasteiger partial charge in [0.1, 0.15) is 24.3 Å². The van der Waals surface area contributed by atoms with E-state index in [1.54, 1.807) is 45.9 Å². The molecule has 14 nitrogen and oxygen atoms in total. The molecule has 1 aliphatic carbocycles. The molecule has 236 valence electrons. The van der Waals surface area contributed by atoms with E-state index in [0.717, 1.165) is 17.4 Å². The van der Waals surface area contributed by atoms with Gasteiger partial charge in [-0.2, -0.15) is 10.1 Å². The van der Waals surface area contributed by atoms with E-state index in [9.17, 15) is 24.0 Å². The molecule has 3 amide bonds. The van der Waals surface area contributed by atoms with E-state index >= 15 is 0 Å². The lowest BCUT2D eigenvalue weighted by Crippen LogP contribution is -2.37. The van der Waals surface area contributed by atoms with E-state index < -0.39 is 42.1 Å². The zero-order valence-corrected chi connectivity index (χ0v) is 25.5. The van der Waals surface area contributed by atoms with Crippen LogP contribution in [0.5, 0.6) is 0 Å². The van der Waals surface area contributed by atoms with Crippen molar-refractivity contribution >= 4 is 36.1 Å². The van der Waals surface area contributed by atoms with Crippen LogP contribution >= 0.6 is 0 Å². The molecule has 14 heteroatoms. The van der Waals surface area contributed by atoms with Crippen LogP contribution in [0.1, 0.15) is 46.6 Å². The normalized spacial score (nSPS) is 10.2. The smallest absolute Gasteiger partial charge is 0.408 e. The van der Waals surface area contributed by atoms with Crippen LogP contribution in [-0.2, 0) is 35.2 Å². The average Bonchev–Trinajstić information content (AvgIpc) is 2.98. The van der Waals surface area contributed by atoms with Gasteiger partial charge in [-0.1, -0.05) is 37.3 Å². The number of nitrogens with one attached hydrogen (secondary N) is 3. The van der Waals surface area contributed by atoms with E-state index in [-0.39, 0.29) is 13.0 Å². The lowest BCUT2D eigenvalue weighted by atomic mass is 10.1. The third-order valence-electron chi connectivity index (χ3n) is 4.19. The third-order valence-corrected chi connectivity index (χ3v) is 4.19. The summed E-state index contributed by atoms with van der Waals surface area (Å²) in [5, 5.41) is 22.4. The van der Waals surface area contributed by atoms with Gasteiger partial charge in [0.05, 0.1) is 24.3 Å². The number of aliphatic carboxylic acids is 1. The molecule has 0 saturated carbocycles. The Kier molecular flexibility index (Phi) is 23.1. The topological polar surface area (TPSA) is 220 Å². The number of hydrogen-bond donors (Lipinski definition) is 4. The highest BCUT2D eigenvalue weighted by Crippen LogP contribution is 2.06. The van der Waals surface area contributed by atoms with Gasteiger partial charge >= 0.3 is 30.2 Å². The maximum absolute atomic E-state index is 11.5. The largest absolute Gasteiger partial charge is 0.481 e. The van der Waals surface area contributed by atoms with Crippen LogP contribution in [0.4, 0.5) is 4.79 Å². The predicted octanol–water partition coefficient (Wildman–Crippen LogP) is 2.64. The highest BCUT2D eigenvalue weighted by Gasteiger charge is 2.17. The molecule has 1 aromatic rings. The number of amides is 3. The SMILES string of the molecule is CC#N.CC(C)(C)OC(=O)NCC(=O)OCC(=O)NCc1ccccc1.CCC(=O)O.[N-]=[N+]=CC(=O)NCC1=CC=C[C+]=C1. The Hall–Kier alpha value is -5.63. The molecule has 44 heavy (non-hydrogen) atoms. The van der Waals surface area contributed by atoms with Crippen molar-refractivity contribution in [2.24, 2.45) is 0 Å². The zero-order valence-electron chi connectivity index (χ0n) is 25.5. The van der Waals surface area contributed by atoms with Crippen molar-refractivity contribution in [2.45, 2.75) is 53.2 Å². The van der Waals surface area contributed by atoms with Crippen LogP contribution < -0.4 is 16.0 Å². The highest BCUT2D eigenvalue weighted by molar-refractivity contribution is 6.23. The minimum Gasteiger partial charge on any atom is -0.481 e. The fraction of sp³-hybridized carbons (Fsp3) is 0.367. The molecule has 0 saturated heterocycles. The van der Waals surface area contributed by atoms with Gasteiger partial charge in [-0.25, -0.2) is 4.79 Å². The molecule has 0 spiro atoms. The number of ether oxygens (including phenoxy) is 2. The summed E-state index contributed by atoms with van der Waals surface area (Å²) in [5.41, 5.74) is 9.28. The first-order valence-corrected chi connectivity index (χ1v) is 13.1. The summed E-state index contributed by atoms with van der Waals surface area (Å²) in [6, 6.07) is 11.1. The number of carboxylic acids is 1. The van der Waals surface area contributed by atoms with E-state index in [4.69, 9.17) is 25.4 Å². The molecule has 0 aromatic heterocycles. The number of carbonyl (C=O) groups is 5. The molecule has 4 N–H and O–H groups in total. The number of carboxylic acid groups (broad SMARTS) is 1. The summed E-state index contributed by atoms with van der Waals surface area (Å²) in [4.78, 5) is 57.1. The quantitative estimate of drug-likeness (QED) is 0.100. The van der Waals surface area contributed by atoms with Gasteiger partial charge < -0.3 is 36.1 Å². The minimum atomic E-state index is -0.745. The number of nitriles is 1. The Morgan fingerprint density at radius 2 is 1.70 bits per heavy atom. The monoisotopic (exact) mass is 611 g/mol. The Bertz CT molecular complexity index is 1240. The zero-order chi connectivity index (χ0) is 33.8. The predicted molar refractivity (Wildman–Crippen MR) is 160 cm³/mol. The molecular weight excluding hydrogens is 572 g/mol. The number of benzene rings is 1. The number of carbonyl (C=O) groups excluding carboxylic acids is 4. The second-order valence-corrected chi connectivity index (χ2v) is 9.12. The van der Waals surface area contributed by atoms with Gasteiger partial charge in [-0.15, -0.1) is 0 Å². The van der Waals surface area contributed by atoms with Gasteiger partial charge in [-0.05, 0) is 26.3 Å². The molecule has 1 aromatic carbocycles.